The Bertz CT molecular complexity index is 1320. The molecule has 0 spiro atoms. The van der Waals surface area contributed by atoms with Crippen LogP contribution in [0.5, 0.6) is 5.75 Å². The lowest BCUT2D eigenvalue weighted by molar-refractivity contribution is -0.130. The first-order valence-corrected chi connectivity index (χ1v) is 14.7. The van der Waals surface area contributed by atoms with Crippen molar-refractivity contribution in [1.82, 2.24) is 10.9 Å². The van der Waals surface area contributed by atoms with Gasteiger partial charge < -0.3 is 14.6 Å². The van der Waals surface area contributed by atoms with Crippen molar-refractivity contribution < 1.29 is 19.4 Å². The lowest BCUT2D eigenvalue weighted by Gasteiger charge is -2.31. The summed E-state index contributed by atoms with van der Waals surface area (Å²) in [5.74, 6) is 0.646. The number of halogens is 3. The van der Waals surface area contributed by atoms with E-state index in [1.807, 2.05) is 48.5 Å². The third-order valence-corrected chi connectivity index (χ3v) is 7.61. The minimum absolute atomic E-state index is 0.0627. The van der Waals surface area contributed by atoms with Crippen LogP contribution in [0.3, 0.4) is 0 Å². The number of amides is 1. The molecule has 2 atom stereocenters. The first-order valence-electron chi connectivity index (χ1n) is 13.2. The number of unbranched alkanes of at least 4 members (excludes halogenated alkanes) is 1. The number of aliphatic hydroxyl groups excluding tert-OH is 1. The van der Waals surface area contributed by atoms with Crippen LogP contribution in [0.1, 0.15) is 49.0 Å². The van der Waals surface area contributed by atoms with Crippen LogP contribution in [0.2, 0.25) is 10.0 Å². The second-order valence-electron chi connectivity index (χ2n) is 9.49. The normalized spacial score (nSPS) is 18.2. The van der Waals surface area contributed by atoms with Crippen molar-refractivity contribution in [2.45, 2.75) is 44.2 Å². The molecule has 1 aliphatic rings. The zero-order valence-electron chi connectivity index (χ0n) is 22.1. The fraction of sp³-hybridized carbons (Fsp3) is 0.333. The van der Waals surface area contributed by atoms with Crippen LogP contribution < -0.4 is 15.6 Å². The van der Waals surface area contributed by atoms with Crippen LogP contribution in [-0.2, 0) is 16.0 Å². The van der Waals surface area contributed by atoms with Gasteiger partial charge in [0.25, 0.3) is 5.91 Å². The van der Waals surface area contributed by atoms with Crippen molar-refractivity contribution in [2.75, 3.05) is 19.8 Å². The van der Waals surface area contributed by atoms with Gasteiger partial charge in [-0.05, 0) is 60.5 Å². The quantitative estimate of drug-likeness (QED) is 0.147. The number of hydrogen-bond donors (Lipinski definition) is 3. The third-order valence-electron chi connectivity index (χ3n) is 6.52. The Labute approximate surface area is 253 Å². The first-order chi connectivity index (χ1) is 19.4. The van der Waals surface area contributed by atoms with E-state index in [0.29, 0.717) is 52.4 Å². The molecule has 3 N–H and O–H groups in total. The van der Waals surface area contributed by atoms with E-state index in [1.54, 1.807) is 18.2 Å². The molecule has 40 heavy (non-hydrogen) atoms. The Hall–Kier alpha value is -2.62. The summed E-state index contributed by atoms with van der Waals surface area (Å²) in [6.45, 7) is 3.18. The Balaban J connectivity index is 1.77. The molecule has 212 valence electrons. The Morgan fingerprint density at radius 3 is 2.52 bits per heavy atom. The Morgan fingerprint density at radius 1 is 1.10 bits per heavy atom. The second kappa shape index (κ2) is 14.3. The van der Waals surface area contributed by atoms with Gasteiger partial charge in [-0.25, -0.2) is 10.4 Å². The van der Waals surface area contributed by atoms with Crippen LogP contribution in [0.4, 0.5) is 0 Å². The number of aliphatic hydroxyl groups is 1. The standard InChI is InChI=1S/C30H32BrCl2N3O4/c1-2-3-15-34-36-29(38)30(19-20-5-9-22(31)10-6-20)27(25-14-11-23(32)18-26(25)33)40-28(35-30)21-7-12-24(13-8-21)39-17-4-16-37/h5-14,18,27,34,37H,2-4,15-17,19H2,1H3,(H,36,38)/t27-,30-/m0/s1. The number of benzene rings is 3. The topological polar surface area (TPSA) is 92.2 Å². The van der Waals surface area contributed by atoms with Gasteiger partial charge in [0.15, 0.2) is 11.6 Å². The number of rotatable bonds is 13. The summed E-state index contributed by atoms with van der Waals surface area (Å²) < 4.78 is 13.1. The van der Waals surface area contributed by atoms with E-state index in [1.165, 1.54) is 0 Å². The second-order valence-corrected chi connectivity index (χ2v) is 11.3. The molecule has 0 fully saturated rings. The molecule has 0 saturated carbocycles. The van der Waals surface area contributed by atoms with Crippen LogP contribution in [-0.4, -0.2) is 42.2 Å². The maximum Gasteiger partial charge on any atom is 0.266 e. The molecular weight excluding hydrogens is 617 g/mol. The van der Waals surface area contributed by atoms with Crippen LogP contribution >= 0.6 is 39.1 Å². The highest BCUT2D eigenvalue weighted by Gasteiger charge is 2.54. The summed E-state index contributed by atoms with van der Waals surface area (Å²) in [4.78, 5) is 19.1. The number of hydrazine groups is 1. The van der Waals surface area contributed by atoms with Gasteiger partial charge in [0.05, 0.1) is 6.61 Å². The molecule has 0 aliphatic carbocycles. The van der Waals surface area contributed by atoms with Crippen molar-refractivity contribution in [2.24, 2.45) is 4.99 Å². The largest absolute Gasteiger partial charge is 0.494 e. The van der Waals surface area contributed by atoms with Gasteiger partial charge in [-0.1, -0.05) is 70.7 Å². The van der Waals surface area contributed by atoms with Crippen molar-refractivity contribution in [1.29, 1.82) is 0 Å². The molecule has 3 aromatic rings. The number of nitrogens with one attached hydrogen (secondary N) is 2. The van der Waals surface area contributed by atoms with Gasteiger partial charge in [-0.3, -0.25) is 10.2 Å². The molecule has 0 radical (unpaired) electrons. The number of carbonyl (C=O) groups is 1. The van der Waals surface area contributed by atoms with Crippen LogP contribution in [0.25, 0.3) is 0 Å². The summed E-state index contributed by atoms with van der Waals surface area (Å²) in [5.41, 5.74) is 6.74. The van der Waals surface area contributed by atoms with Crippen molar-refractivity contribution in [3.05, 3.63) is 97.9 Å². The van der Waals surface area contributed by atoms with Gasteiger partial charge in [-0.15, -0.1) is 0 Å². The average Bonchev–Trinajstić information content (AvgIpc) is 3.33. The lowest BCUT2D eigenvalue weighted by atomic mass is 9.82. The maximum atomic E-state index is 14.1. The van der Waals surface area contributed by atoms with Crippen molar-refractivity contribution in [3.8, 4) is 5.75 Å². The van der Waals surface area contributed by atoms with Gasteiger partial charge in [-0.2, -0.15) is 0 Å². The van der Waals surface area contributed by atoms with E-state index in [4.69, 9.17) is 42.8 Å². The summed E-state index contributed by atoms with van der Waals surface area (Å²) in [5, 5.41) is 9.87. The summed E-state index contributed by atoms with van der Waals surface area (Å²) in [6, 6.07) is 20.2. The third kappa shape index (κ3) is 7.36. The number of nitrogens with zero attached hydrogens (tertiary/aromatic N) is 1. The molecule has 1 amide bonds. The Morgan fingerprint density at radius 2 is 1.85 bits per heavy atom. The predicted octanol–water partition coefficient (Wildman–Crippen LogP) is 6.44. The molecule has 0 bridgehead atoms. The summed E-state index contributed by atoms with van der Waals surface area (Å²) in [6.07, 6.45) is 1.87. The van der Waals surface area contributed by atoms with E-state index in [2.05, 4.69) is 33.7 Å². The molecule has 4 rings (SSSR count). The number of aliphatic imine (C=N–C) groups is 1. The molecule has 3 aromatic carbocycles. The molecule has 7 nitrogen and oxygen atoms in total. The van der Waals surface area contributed by atoms with Gasteiger partial charge >= 0.3 is 0 Å². The van der Waals surface area contributed by atoms with Gasteiger partial charge in [0, 0.05) is 51.6 Å². The molecule has 1 aliphatic heterocycles. The lowest BCUT2D eigenvalue weighted by Crippen LogP contribution is -2.54. The zero-order chi connectivity index (χ0) is 28.5. The van der Waals surface area contributed by atoms with Crippen LogP contribution in [0.15, 0.2) is 76.2 Å². The average molecular weight is 649 g/mol. The summed E-state index contributed by atoms with van der Waals surface area (Å²) >= 11 is 16.4. The van der Waals surface area contributed by atoms with E-state index < -0.39 is 11.6 Å². The fourth-order valence-corrected chi connectivity index (χ4v) is 5.17. The molecule has 10 heteroatoms. The van der Waals surface area contributed by atoms with E-state index >= 15 is 0 Å². The van der Waals surface area contributed by atoms with Gasteiger partial charge in [0.2, 0.25) is 5.90 Å². The zero-order valence-corrected chi connectivity index (χ0v) is 25.2. The number of hydrogen-bond acceptors (Lipinski definition) is 6. The number of carbonyl (C=O) groups excluding carboxylic acids is 1. The van der Waals surface area contributed by atoms with E-state index in [0.717, 1.165) is 22.9 Å². The number of ether oxygens (including phenoxy) is 2. The molecule has 0 unspecified atom stereocenters. The highest BCUT2D eigenvalue weighted by molar-refractivity contribution is 9.10. The molecule has 0 aromatic heterocycles. The smallest absolute Gasteiger partial charge is 0.266 e. The first kappa shape index (κ1) is 30.3. The SMILES string of the molecule is CCCCNNC(=O)[C@@]1(Cc2ccc(Br)cc2)N=C(c2ccc(OCCCO)cc2)O[C@H]1c1ccc(Cl)cc1Cl. The highest BCUT2D eigenvalue weighted by atomic mass is 79.9. The molecule has 0 saturated heterocycles. The monoisotopic (exact) mass is 647 g/mol. The summed E-state index contributed by atoms with van der Waals surface area (Å²) in [7, 11) is 0. The van der Waals surface area contributed by atoms with Gasteiger partial charge in [0.1, 0.15) is 5.75 Å². The Kier molecular flexibility index (Phi) is 10.9. The molecule has 1 heterocycles. The fourth-order valence-electron chi connectivity index (χ4n) is 4.40. The minimum atomic E-state index is -1.38. The minimum Gasteiger partial charge on any atom is -0.494 e. The van der Waals surface area contributed by atoms with Crippen molar-refractivity contribution >= 4 is 50.9 Å². The van der Waals surface area contributed by atoms with E-state index in [9.17, 15) is 4.79 Å². The van der Waals surface area contributed by atoms with Crippen molar-refractivity contribution in [3.63, 3.8) is 0 Å². The van der Waals surface area contributed by atoms with Crippen LogP contribution in [0, 0.1) is 0 Å². The van der Waals surface area contributed by atoms with E-state index in [-0.39, 0.29) is 18.9 Å². The predicted molar refractivity (Wildman–Crippen MR) is 162 cm³/mol. The highest BCUT2D eigenvalue weighted by Crippen LogP contribution is 2.45. The maximum absolute atomic E-state index is 14.1. The molecular formula is C30H32BrCl2N3O4.